The van der Waals surface area contributed by atoms with Crippen LogP contribution in [-0.4, -0.2) is 46.9 Å². The number of amides is 1. The van der Waals surface area contributed by atoms with Gasteiger partial charge in [-0.2, -0.15) is 0 Å². The number of carbonyl (C=O) groups excluding carboxylic acids is 2. The van der Waals surface area contributed by atoms with Crippen molar-refractivity contribution in [3.63, 3.8) is 0 Å². The Morgan fingerprint density at radius 2 is 0.869 bits per heavy atom. The maximum Gasteiger partial charge on any atom is 0.306 e. The summed E-state index contributed by atoms with van der Waals surface area (Å²) in [6.45, 7) is 6.39. The van der Waals surface area contributed by atoms with E-state index in [0.29, 0.717) is 19.3 Å². The highest BCUT2D eigenvalue weighted by Gasteiger charge is 2.24. The number of nitrogens with one attached hydrogen (secondary N) is 1. The minimum absolute atomic E-state index is 0.0678. The molecule has 6 nitrogen and oxygen atoms in total. The predicted molar refractivity (Wildman–Crippen MR) is 264 cm³/mol. The highest BCUT2D eigenvalue weighted by Crippen LogP contribution is 2.18. The van der Waals surface area contributed by atoms with Crippen LogP contribution in [0.2, 0.25) is 0 Å². The van der Waals surface area contributed by atoms with Crippen molar-refractivity contribution in [2.24, 2.45) is 0 Å². The first kappa shape index (κ1) is 58.6. The van der Waals surface area contributed by atoms with E-state index in [1.165, 1.54) is 128 Å². The summed E-state index contributed by atoms with van der Waals surface area (Å²) in [6, 6.07) is -0.706. The van der Waals surface area contributed by atoms with Crippen LogP contribution in [0.1, 0.15) is 252 Å². The maximum absolute atomic E-state index is 13.2. The fourth-order valence-corrected chi connectivity index (χ4v) is 7.76. The molecular formula is C55H99NO5. The van der Waals surface area contributed by atoms with Crippen molar-refractivity contribution >= 4 is 11.9 Å². The standard InChI is InChI=1S/C55H99NO5/c1-4-7-10-13-16-19-22-25-26-27-28-29-30-33-36-39-42-45-48-55(60)61-51(46-43-40-37-34-31-23-20-17-14-11-8-5-2)49-54(59)56-52(50-57)53(58)47-44-41-38-35-32-24-21-18-15-12-9-6-3/h10,13,16,19,22,25-29,51-53,57-58H,4-9,11-12,14-15,17-18,20-21,23-24,30-50H2,1-3H3,(H,56,59)/b13-10+,19-16+,25-22+,27-26+,29-28+. The zero-order valence-electron chi connectivity index (χ0n) is 40.3. The smallest absolute Gasteiger partial charge is 0.306 e. The minimum Gasteiger partial charge on any atom is -0.462 e. The molecule has 354 valence electrons. The second-order valence-electron chi connectivity index (χ2n) is 17.7. The zero-order chi connectivity index (χ0) is 44.5. The summed E-state index contributed by atoms with van der Waals surface area (Å²) in [7, 11) is 0. The van der Waals surface area contributed by atoms with Crippen LogP contribution in [0.3, 0.4) is 0 Å². The maximum atomic E-state index is 13.2. The lowest BCUT2D eigenvalue weighted by atomic mass is 10.0. The normalized spacial score (nSPS) is 13.7. The number of ether oxygens (including phenoxy) is 1. The molecule has 0 saturated carbocycles. The van der Waals surface area contributed by atoms with Gasteiger partial charge in [0.25, 0.3) is 0 Å². The molecule has 0 aliphatic carbocycles. The van der Waals surface area contributed by atoms with Crippen molar-refractivity contribution in [1.82, 2.24) is 5.32 Å². The van der Waals surface area contributed by atoms with Gasteiger partial charge in [0.15, 0.2) is 0 Å². The Hall–Kier alpha value is -2.44. The van der Waals surface area contributed by atoms with Crippen molar-refractivity contribution in [3.05, 3.63) is 60.8 Å². The van der Waals surface area contributed by atoms with E-state index in [-0.39, 0.29) is 24.9 Å². The van der Waals surface area contributed by atoms with Crippen molar-refractivity contribution in [1.29, 1.82) is 0 Å². The predicted octanol–water partition coefficient (Wildman–Crippen LogP) is 15.6. The lowest BCUT2D eigenvalue weighted by Gasteiger charge is -2.24. The van der Waals surface area contributed by atoms with Crippen molar-refractivity contribution in [2.45, 2.75) is 270 Å². The van der Waals surface area contributed by atoms with E-state index >= 15 is 0 Å². The molecule has 1 amide bonds. The first-order valence-electron chi connectivity index (χ1n) is 26.1. The molecule has 0 spiro atoms. The SMILES string of the molecule is CCC/C=C/C=C/C=C/C=C/C=C/CCCCCCCC(=O)OC(CCCCCCCCCCCCCC)CC(=O)NC(CO)C(O)CCCCCCCCCCCCCC. The number of hydrogen-bond acceptors (Lipinski definition) is 5. The van der Waals surface area contributed by atoms with Crippen LogP contribution < -0.4 is 5.32 Å². The summed E-state index contributed by atoms with van der Waals surface area (Å²) in [5.74, 6) is -0.497. The molecular weight excluding hydrogens is 755 g/mol. The molecule has 6 heteroatoms. The summed E-state index contributed by atoms with van der Waals surface area (Å²) in [5, 5.41) is 23.8. The summed E-state index contributed by atoms with van der Waals surface area (Å²) in [5.41, 5.74) is 0. The van der Waals surface area contributed by atoms with Crippen LogP contribution in [0, 0.1) is 0 Å². The Kier molecular flexibility index (Phi) is 46.6. The first-order valence-corrected chi connectivity index (χ1v) is 26.1. The van der Waals surface area contributed by atoms with Crippen molar-refractivity contribution in [3.8, 4) is 0 Å². The number of hydrogen-bond donors (Lipinski definition) is 3. The third-order valence-corrected chi connectivity index (χ3v) is 11.7. The molecule has 0 aromatic rings. The van der Waals surface area contributed by atoms with Crippen molar-refractivity contribution < 1.29 is 24.5 Å². The summed E-state index contributed by atoms with van der Waals surface area (Å²) >= 11 is 0. The number of carbonyl (C=O) groups is 2. The van der Waals surface area contributed by atoms with E-state index in [2.05, 4.69) is 62.5 Å². The molecule has 0 heterocycles. The highest BCUT2D eigenvalue weighted by atomic mass is 16.5. The Bertz CT molecular complexity index is 1090. The van der Waals surface area contributed by atoms with Crippen molar-refractivity contribution in [2.75, 3.05) is 6.61 Å². The number of aliphatic hydroxyl groups is 2. The molecule has 0 aliphatic heterocycles. The number of esters is 1. The quantitative estimate of drug-likeness (QED) is 0.0322. The molecule has 0 aliphatic rings. The average Bonchev–Trinajstić information content (AvgIpc) is 3.25. The molecule has 0 aromatic heterocycles. The van der Waals surface area contributed by atoms with Gasteiger partial charge in [0.05, 0.1) is 25.2 Å². The lowest BCUT2D eigenvalue weighted by molar-refractivity contribution is -0.151. The third-order valence-electron chi connectivity index (χ3n) is 11.7. The molecule has 0 saturated heterocycles. The van der Waals surface area contributed by atoms with Crippen LogP contribution in [0.4, 0.5) is 0 Å². The van der Waals surface area contributed by atoms with E-state index in [4.69, 9.17) is 4.74 Å². The largest absolute Gasteiger partial charge is 0.462 e. The average molecular weight is 854 g/mol. The van der Waals surface area contributed by atoms with E-state index in [0.717, 1.165) is 77.0 Å². The molecule has 3 unspecified atom stereocenters. The molecule has 61 heavy (non-hydrogen) atoms. The number of allylic oxidation sites excluding steroid dienone is 10. The van der Waals surface area contributed by atoms with Gasteiger partial charge in [-0.1, -0.05) is 255 Å². The monoisotopic (exact) mass is 854 g/mol. The van der Waals surface area contributed by atoms with E-state index < -0.39 is 18.2 Å². The molecule has 0 aromatic carbocycles. The van der Waals surface area contributed by atoms with Crippen LogP contribution >= 0.6 is 0 Å². The Labute approximate surface area is 378 Å². The fourth-order valence-electron chi connectivity index (χ4n) is 7.76. The van der Waals surface area contributed by atoms with E-state index in [1.54, 1.807) is 0 Å². The summed E-state index contributed by atoms with van der Waals surface area (Å²) < 4.78 is 5.93. The first-order chi connectivity index (χ1) is 30.0. The summed E-state index contributed by atoms with van der Waals surface area (Å²) in [4.78, 5) is 26.1. The second-order valence-corrected chi connectivity index (χ2v) is 17.7. The van der Waals surface area contributed by atoms with Crippen LogP contribution in [-0.2, 0) is 14.3 Å². The van der Waals surface area contributed by atoms with Crippen LogP contribution in [0.5, 0.6) is 0 Å². The third kappa shape index (κ3) is 44.0. The highest BCUT2D eigenvalue weighted by molar-refractivity contribution is 5.77. The Balaban J connectivity index is 4.60. The Morgan fingerprint density at radius 3 is 1.33 bits per heavy atom. The van der Waals surface area contributed by atoms with Gasteiger partial charge in [-0.05, 0) is 44.9 Å². The number of unbranched alkanes of at least 4 members (excludes halogenated alkanes) is 28. The zero-order valence-corrected chi connectivity index (χ0v) is 40.3. The molecule has 0 bridgehead atoms. The van der Waals surface area contributed by atoms with Gasteiger partial charge in [-0.25, -0.2) is 0 Å². The second kappa shape index (κ2) is 48.6. The van der Waals surface area contributed by atoms with Gasteiger partial charge in [-0.3, -0.25) is 9.59 Å². The molecule has 0 radical (unpaired) electrons. The number of aliphatic hydroxyl groups excluding tert-OH is 2. The lowest BCUT2D eigenvalue weighted by Crippen LogP contribution is -2.46. The van der Waals surface area contributed by atoms with Crippen LogP contribution in [0.25, 0.3) is 0 Å². The summed E-state index contributed by atoms with van der Waals surface area (Å²) in [6.07, 6.45) is 59.8. The van der Waals surface area contributed by atoms with Gasteiger partial charge < -0.3 is 20.3 Å². The fraction of sp³-hybridized carbons (Fsp3) is 0.782. The molecule has 0 fully saturated rings. The topological polar surface area (TPSA) is 95.9 Å². The van der Waals surface area contributed by atoms with Gasteiger partial charge in [0, 0.05) is 6.42 Å². The number of rotatable bonds is 46. The molecule has 0 rings (SSSR count). The Morgan fingerprint density at radius 1 is 0.475 bits per heavy atom. The van der Waals surface area contributed by atoms with Gasteiger partial charge in [-0.15, -0.1) is 0 Å². The molecule has 3 atom stereocenters. The minimum atomic E-state index is -0.791. The van der Waals surface area contributed by atoms with E-state index in [1.807, 2.05) is 24.3 Å². The van der Waals surface area contributed by atoms with Gasteiger partial charge in [0.1, 0.15) is 6.10 Å². The van der Waals surface area contributed by atoms with Gasteiger partial charge in [0.2, 0.25) is 5.91 Å². The van der Waals surface area contributed by atoms with Gasteiger partial charge >= 0.3 is 5.97 Å². The molecule has 3 N–H and O–H groups in total. The van der Waals surface area contributed by atoms with E-state index in [9.17, 15) is 19.8 Å². The van der Waals surface area contributed by atoms with Crippen LogP contribution in [0.15, 0.2) is 60.8 Å².